The summed E-state index contributed by atoms with van der Waals surface area (Å²) in [6, 6.07) is 14.9. The van der Waals surface area contributed by atoms with E-state index in [-0.39, 0.29) is 11.6 Å². The minimum atomic E-state index is -1.26. The van der Waals surface area contributed by atoms with Gasteiger partial charge in [-0.25, -0.2) is 9.98 Å². The number of nitrogens with one attached hydrogen (secondary N) is 1. The topological polar surface area (TPSA) is 79.5 Å². The summed E-state index contributed by atoms with van der Waals surface area (Å²) < 4.78 is 1.69. The number of fused-ring (bicyclic) bond motifs is 3. The Morgan fingerprint density at radius 1 is 1.15 bits per heavy atom. The number of imidazole rings is 1. The van der Waals surface area contributed by atoms with Gasteiger partial charge >= 0.3 is 0 Å². The Balaban J connectivity index is 2.01. The van der Waals surface area contributed by atoms with Crippen molar-refractivity contribution in [2.75, 3.05) is 7.05 Å². The normalized spacial score (nSPS) is 15.5. The van der Waals surface area contributed by atoms with Gasteiger partial charge in [-0.1, -0.05) is 48.0 Å². The predicted octanol–water partition coefficient (Wildman–Crippen LogP) is 2.73. The van der Waals surface area contributed by atoms with Gasteiger partial charge < -0.3 is 10.4 Å². The van der Waals surface area contributed by atoms with Gasteiger partial charge in [0.25, 0.3) is 5.91 Å². The largest absolute Gasteiger partial charge is 0.367 e. The van der Waals surface area contributed by atoms with Gasteiger partial charge in [-0.15, -0.1) is 0 Å². The van der Waals surface area contributed by atoms with Crippen LogP contribution in [-0.4, -0.2) is 33.3 Å². The first-order chi connectivity index (χ1) is 12.6. The van der Waals surface area contributed by atoms with Crippen molar-refractivity contribution in [3.8, 4) is 5.69 Å². The lowest BCUT2D eigenvalue weighted by atomic mass is 10.0. The Morgan fingerprint density at radius 3 is 2.58 bits per heavy atom. The number of hydrogen-bond acceptors (Lipinski definition) is 4. The summed E-state index contributed by atoms with van der Waals surface area (Å²) in [5.41, 5.74) is 3.28. The number of hydrogen-bond donors (Lipinski definition) is 2. The molecule has 2 N–H and O–H groups in total. The Labute approximate surface area is 154 Å². The molecule has 0 saturated carbocycles. The van der Waals surface area contributed by atoms with Crippen molar-refractivity contribution in [2.45, 2.75) is 6.23 Å². The molecule has 1 aliphatic heterocycles. The molecule has 4 rings (SSSR count). The fraction of sp³-hybridized carbons (Fsp3) is 0.105. The number of aliphatic hydroxyl groups is 1. The third kappa shape index (κ3) is 2.51. The van der Waals surface area contributed by atoms with Gasteiger partial charge in [0.1, 0.15) is 12.0 Å². The van der Waals surface area contributed by atoms with Gasteiger partial charge in [-0.2, -0.15) is 0 Å². The number of benzene rings is 2. The van der Waals surface area contributed by atoms with Crippen molar-refractivity contribution in [3.63, 3.8) is 0 Å². The molecule has 1 amide bonds. The summed E-state index contributed by atoms with van der Waals surface area (Å²) in [5.74, 6) is -0.383. The molecule has 0 bridgehead atoms. The lowest BCUT2D eigenvalue weighted by Crippen LogP contribution is -2.21. The summed E-state index contributed by atoms with van der Waals surface area (Å²) in [5, 5.41) is 13.8. The third-order valence-electron chi connectivity index (χ3n) is 4.29. The van der Waals surface area contributed by atoms with E-state index in [4.69, 9.17) is 11.6 Å². The fourth-order valence-electron chi connectivity index (χ4n) is 3.09. The SMILES string of the molecule is CNC(=O)c1ncn2c1C(O)N=C(c1ccccc1Cl)c1ccccc1-2. The Bertz CT molecular complexity index is 1040. The van der Waals surface area contributed by atoms with E-state index in [2.05, 4.69) is 15.3 Å². The van der Waals surface area contributed by atoms with Crippen molar-refractivity contribution in [1.82, 2.24) is 14.9 Å². The number of aliphatic hydroxyl groups excluding tert-OH is 1. The van der Waals surface area contributed by atoms with E-state index in [9.17, 15) is 9.90 Å². The molecular weight excluding hydrogens is 352 g/mol. The third-order valence-corrected chi connectivity index (χ3v) is 4.62. The van der Waals surface area contributed by atoms with Crippen molar-refractivity contribution in [1.29, 1.82) is 0 Å². The molecule has 26 heavy (non-hydrogen) atoms. The molecule has 1 aromatic heterocycles. The van der Waals surface area contributed by atoms with Crippen LogP contribution in [0.5, 0.6) is 0 Å². The second-order valence-electron chi connectivity index (χ2n) is 5.78. The first-order valence-electron chi connectivity index (χ1n) is 8.01. The first kappa shape index (κ1) is 16.5. The Hall–Kier alpha value is -2.96. The van der Waals surface area contributed by atoms with Crippen LogP contribution in [0.25, 0.3) is 5.69 Å². The summed E-state index contributed by atoms with van der Waals surface area (Å²) in [6.45, 7) is 0. The zero-order chi connectivity index (χ0) is 18.3. The number of rotatable bonds is 2. The molecule has 6 nitrogen and oxygen atoms in total. The van der Waals surface area contributed by atoms with E-state index < -0.39 is 6.23 Å². The number of aliphatic imine (C=N–C) groups is 1. The lowest BCUT2D eigenvalue weighted by molar-refractivity contribution is 0.0950. The average Bonchev–Trinajstić information content (AvgIpc) is 3.06. The Morgan fingerprint density at radius 2 is 1.85 bits per heavy atom. The summed E-state index contributed by atoms with van der Waals surface area (Å²) in [6.07, 6.45) is 0.260. The maximum absolute atomic E-state index is 12.2. The molecule has 1 atom stereocenters. The van der Waals surface area contributed by atoms with Crippen LogP contribution >= 0.6 is 11.6 Å². The van der Waals surface area contributed by atoms with Crippen molar-refractivity contribution >= 4 is 23.2 Å². The molecule has 2 heterocycles. The van der Waals surface area contributed by atoms with Gasteiger partial charge in [-0.05, 0) is 12.1 Å². The minimum Gasteiger partial charge on any atom is -0.367 e. The van der Waals surface area contributed by atoms with E-state index in [1.54, 1.807) is 10.6 Å². The molecule has 0 fully saturated rings. The van der Waals surface area contributed by atoms with E-state index in [0.29, 0.717) is 22.0 Å². The minimum absolute atomic E-state index is 0.138. The van der Waals surface area contributed by atoms with E-state index in [0.717, 1.165) is 11.3 Å². The standard InChI is InChI=1S/C19H15ClN4O2/c1-21-18(25)16-17-19(26)23-15(11-6-2-4-8-13(11)20)12-7-3-5-9-14(12)24(17)10-22-16/h2-10,19,26H,1H3,(H,21,25). The van der Waals surface area contributed by atoms with Crippen LogP contribution in [0.15, 0.2) is 59.9 Å². The van der Waals surface area contributed by atoms with Crippen molar-refractivity contribution in [2.24, 2.45) is 4.99 Å². The van der Waals surface area contributed by atoms with Gasteiger partial charge in [0.15, 0.2) is 11.9 Å². The monoisotopic (exact) mass is 366 g/mol. The summed E-state index contributed by atoms with van der Waals surface area (Å²) >= 11 is 6.37. The average molecular weight is 367 g/mol. The van der Waals surface area contributed by atoms with E-state index in [1.807, 2.05) is 42.5 Å². The second-order valence-corrected chi connectivity index (χ2v) is 6.18. The molecule has 0 aliphatic carbocycles. The quantitative estimate of drug-likeness (QED) is 0.731. The number of para-hydroxylation sites is 1. The van der Waals surface area contributed by atoms with Crippen molar-refractivity contribution < 1.29 is 9.90 Å². The van der Waals surface area contributed by atoms with Crippen LogP contribution in [0.2, 0.25) is 5.02 Å². The molecule has 7 heteroatoms. The highest BCUT2D eigenvalue weighted by Gasteiger charge is 2.29. The van der Waals surface area contributed by atoms with Crippen LogP contribution in [-0.2, 0) is 0 Å². The van der Waals surface area contributed by atoms with Gasteiger partial charge in [0.05, 0.1) is 11.4 Å². The number of carbonyl (C=O) groups is 1. The molecule has 1 unspecified atom stereocenters. The van der Waals surface area contributed by atoms with Crippen molar-refractivity contribution in [3.05, 3.63) is 82.4 Å². The van der Waals surface area contributed by atoms with Gasteiger partial charge in [0.2, 0.25) is 0 Å². The maximum atomic E-state index is 12.2. The molecule has 1 aliphatic rings. The van der Waals surface area contributed by atoms with Gasteiger partial charge in [-0.3, -0.25) is 9.36 Å². The van der Waals surface area contributed by atoms with Crippen LogP contribution < -0.4 is 5.32 Å². The second kappa shape index (κ2) is 6.40. The number of amides is 1. The Kier molecular flexibility index (Phi) is 4.06. The smallest absolute Gasteiger partial charge is 0.271 e. The highest BCUT2D eigenvalue weighted by molar-refractivity contribution is 6.35. The van der Waals surface area contributed by atoms with Crippen LogP contribution in [0.3, 0.4) is 0 Å². The lowest BCUT2D eigenvalue weighted by Gasteiger charge is -2.12. The van der Waals surface area contributed by atoms with Gasteiger partial charge in [0, 0.05) is 23.2 Å². The summed E-state index contributed by atoms with van der Waals surface area (Å²) in [4.78, 5) is 20.8. The molecule has 0 radical (unpaired) electrons. The number of nitrogens with zero attached hydrogens (tertiary/aromatic N) is 3. The van der Waals surface area contributed by atoms with Crippen LogP contribution in [0.1, 0.15) is 33.5 Å². The zero-order valence-electron chi connectivity index (χ0n) is 13.8. The predicted molar refractivity (Wildman–Crippen MR) is 99.0 cm³/mol. The molecule has 2 aromatic carbocycles. The number of halogens is 1. The number of carbonyl (C=O) groups excluding carboxylic acids is 1. The molecule has 3 aromatic rings. The maximum Gasteiger partial charge on any atom is 0.271 e. The molecule has 0 saturated heterocycles. The van der Waals surface area contributed by atoms with E-state index in [1.165, 1.54) is 13.4 Å². The molecule has 0 spiro atoms. The number of aromatic nitrogens is 2. The van der Waals surface area contributed by atoms with E-state index >= 15 is 0 Å². The zero-order valence-corrected chi connectivity index (χ0v) is 14.6. The fourth-order valence-corrected chi connectivity index (χ4v) is 3.32. The summed E-state index contributed by atoms with van der Waals surface area (Å²) in [7, 11) is 1.52. The molecule has 130 valence electrons. The molecular formula is C19H15ClN4O2. The highest BCUT2D eigenvalue weighted by atomic mass is 35.5. The van der Waals surface area contributed by atoms with Crippen LogP contribution in [0, 0.1) is 0 Å². The first-order valence-corrected chi connectivity index (χ1v) is 8.39. The highest BCUT2D eigenvalue weighted by Crippen LogP contribution is 2.32. The van der Waals surface area contributed by atoms with Crippen LogP contribution in [0.4, 0.5) is 0 Å².